The summed E-state index contributed by atoms with van der Waals surface area (Å²) in [6.07, 6.45) is 12.3. The van der Waals surface area contributed by atoms with E-state index in [4.69, 9.17) is 5.26 Å². The zero-order chi connectivity index (χ0) is 17.8. The number of rotatable bonds is 2. The van der Waals surface area contributed by atoms with E-state index in [1.165, 1.54) is 5.57 Å². The van der Waals surface area contributed by atoms with E-state index in [0.717, 1.165) is 38.5 Å². The number of carbonyl (C=O) groups excluding carboxylic acids is 2. The summed E-state index contributed by atoms with van der Waals surface area (Å²) in [6, 6.07) is 2.06. The highest BCUT2D eigenvalue weighted by Crippen LogP contribution is 2.66. The van der Waals surface area contributed by atoms with Crippen LogP contribution in [0.1, 0.15) is 58.8 Å². The van der Waals surface area contributed by atoms with Crippen LogP contribution >= 0.6 is 0 Å². The van der Waals surface area contributed by atoms with Crippen molar-refractivity contribution in [2.45, 2.75) is 58.8 Å². The van der Waals surface area contributed by atoms with Crippen molar-refractivity contribution in [3.8, 4) is 6.07 Å². The van der Waals surface area contributed by atoms with Gasteiger partial charge in [-0.2, -0.15) is 5.26 Å². The summed E-state index contributed by atoms with van der Waals surface area (Å²) in [6.45, 7) is 4.63. The average molecular weight is 337 g/mol. The van der Waals surface area contributed by atoms with Crippen molar-refractivity contribution in [3.63, 3.8) is 0 Å². The van der Waals surface area contributed by atoms with Crippen LogP contribution in [0.2, 0.25) is 0 Å². The minimum absolute atomic E-state index is 0.0207. The first-order valence-corrected chi connectivity index (χ1v) is 9.74. The van der Waals surface area contributed by atoms with Crippen LogP contribution in [0.5, 0.6) is 0 Å². The molecule has 3 nitrogen and oxygen atoms in total. The lowest BCUT2D eigenvalue weighted by Crippen LogP contribution is -2.50. The fourth-order valence-electron chi connectivity index (χ4n) is 6.93. The summed E-state index contributed by atoms with van der Waals surface area (Å²) >= 11 is 0. The van der Waals surface area contributed by atoms with E-state index in [0.29, 0.717) is 17.8 Å². The molecule has 3 saturated carbocycles. The van der Waals surface area contributed by atoms with Gasteiger partial charge in [-0.1, -0.05) is 25.5 Å². The van der Waals surface area contributed by atoms with Crippen molar-refractivity contribution in [2.24, 2.45) is 34.5 Å². The number of nitrogens with zero attached hydrogens (tertiary/aromatic N) is 1. The quantitative estimate of drug-likeness (QED) is 0.750. The third-order valence-electron chi connectivity index (χ3n) is 8.20. The van der Waals surface area contributed by atoms with Gasteiger partial charge >= 0.3 is 0 Å². The molecule has 0 saturated heterocycles. The minimum Gasteiger partial charge on any atom is -0.298 e. The molecule has 4 aliphatic rings. The van der Waals surface area contributed by atoms with Gasteiger partial charge < -0.3 is 0 Å². The van der Waals surface area contributed by atoms with Gasteiger partial charge in [0.05, 0.1) is 12.5 Å². The summed E-state index contributed by atoms with van der Waals surface area (Å²) in [7, 11) is 0. The fraction of sp³-hybridized carbons (Fsp3) is 0.682. The van der Waals surface area contributed by atoms with Crippen LogP contribution in [0.4, 0.5) is 0 Å². The molecule has 0 aromatic rings. The Labute approximate surface area is 150 Å². The Morgan fingerprint density at radius 3 is 2.80 bits per heavy atom. The number of hydrogen-bond donors (Lipinski definition) is 0. The Bertz CT molecular complexity index is 727. The molecule has 0 aromatic heterocycles. The van der Waals surface area contributed by atoms with Gasteiger partial charge in [-0.25, -0.2) is 0 Å². The summed E-state index contributed by atoms with van der Waals surface area (Å²) < 4.78 is 0. The SMILES string of the molecule is C[C@]12CC[C@H]3[C@@H](CCC4=CC(=O)C=C[C@@]43C)[C@@H]1CC[C@@H]2C(=O)CC#N. The lowest BCUT2D eigenvalue weighted by molar-refractivity contribution is -0.128. The highest BCUT2D eigenvalue weighted by molar-refractivity contribution is 6.01. The van der Waals surface area contributed by atoms with Crippen LogP contribution in [0.25, 0.3) is 0 Å². The molecule has 4 aliphatic carbocycles. The third-order valence-corrected chi connectivity index (χ3v) is 8.20. The molecule has 0 spiro atoms. The Morgan fingerprint density at radius 2 is 2.04 bits per heavy atom. The highest BCUT2D eigenvalue weighted by atomic mass is 16.1. The van der Waals surface area contributed by atoms with Crippen molar-refractivity contribution in [3.05, 3.63) is 23.8 Å². The summed E-state index contributed by atoms with van der Waals surface area (Å²) in [5, 5.41) is 8.94. The van der Waals surface area contributed by atoms with Crippen molar-refractivity contribution in [1.82, 2.24) is 0 Å². The van der Waals surface area contributed by atoms with E-state index >= 15 is 0 Å². The Balaban J connectivity index is 1.64. The van der Waals surface area contributed by atoms with Gasteiger partial charge in [-0.05, 0) is 73.8 Å². The minimum atomic E-state index is 0.0207. The molecule has 0 aliphatic heterocycles. The predicted molar refractivity (Wildman–Crippen MR) is 95.3 cm³/mol. The molecule has 0 aromatic carbocycles. The molecule has 132 valence electrons. The van der Waals surface area contributed by atoms with E-state index in [9.17, 15) is 9.59 Å². The maximum absolute atomic E-state index is 12.5. The molecule has 4 rings (SSSR count). The zero-order valence-corrected chi connectivity index (χ0v) is 15.3. The third kappa shape index (κ3) is 2.30. The molecule has 6 atom stereocenters. The smallest absolute Gasteiger partial charge is 0.178 e. The predicted octanol–water partition coefficient (Wildman–Crippen LogP) is 4.39. The first-order chi connectivity index (χ1) is 11.9. The van der Waals surface area contributed by atoms with Crippen LogP contribution in [0, 0.1) is 45.8 Å². The number of carbonyl (C=O) groups is 2. The first kappa shape index (κ1) is 16.8. The van der Waals surface area contributed by atoms with Crippen molar-refractivity contribution in [1.29, 1.82) is 5.26 Å². The van der Waals surface area contributed by atoms with Crippen molar-refractivity contribution >= 4 is 11.6 Å². The van der Waals surface area contributed by atoms with E-state index in [1.54, 1.807) is 6.08 Å². The number of fused-ring (bicyclic) bond motifs is 5. The zero-order valence-electron chi connectivity index (χ0n) is 15.3. The summed E-state index contributed by atoms with van der Waals surface area (Å²) in [5.74, 6) is 2.18. The number of nitriles is 1. The van der Waals surface area contributed by atoms with E-state index in [1.807, 2.05) is 6.08 Å². The van der Waals surface area contributed by atoms with Gasteiger partial charge in [0.1, 0.15) is 0 Å². The van der Waals surface area contributed by atoms with Gasteiger partial charge in [-0.3, -0.25) is 9.59 Å². The number of hydrogen-bond acceptors (Lipinski definition) is 3. The van der Waals surface area contributed by atoms with Gasteiger partial charge in [0, 0.05) is 11.3 Å². The standard InChI is InChI=1S/C22H27NO2/c1-21-10-7-15(24)13-14(21)3-4-16-17-5-6-19(20(25)9-12-23)22(17,2)11-8-18(16)21/h7,10,13,16-19H,3-6,8-9,11H2,1-2H3/t16-,17-,18-,19+,21-,22-/m0/s1. The fourth-order valence-corrected chi connectivity index (χ4v) is 6.93. The van der Waals surface area contributed by atoms with Crippen LogP contribution < -0.4 is 0 Å². The summed E-state index contributed by atoms with van der Waals surface area (Å²) in [5.41, 5.74) is 1.41. The molecule has 0 unspecified atom stereocenters. The van der Waals surface area contributed by atoms with Crippen molar-refractivity contribution in [2.75, 3.05) is 0 Å². The van der Waals surface area contributed by atoms with E-state index in [-0.39, 0.29) is 34.7 Å². The van der Waals surface area contributed by atoms with Gasteiger partial charge in [0.15, 0.2) is 11.6 Å². The van der Waals surface area contributed by atoms with Gasteiger partial charge in [0.2, 0.25) is 0 Å². The monoisotopic (exact) mass is 337 g/mol. The Hall–Kier alpha value is -1.69. The number of allylic oxidation sites excluding steroid dienone is 4. The average Bonchev–Trinajstić information content (AvgIpc) is 2.93. The van der Waals surface area contributed by atoms with E-state index < -0.39 is 0 Å². The lowest BCUT2D eigenvalue weighted by Gasteiger charge is -2.56. The van der Waals surface area contributed by atoms with E-state index in [2.05, 4.69) is 26.0 Å². The molecule has 0 N–H and O–H groups in total. The van der Waals surface area contributed by atoms with Crippen LogP contribution in [0.15, 0.2) is 23.8 Å². The molecule has 3 heteroatoms. The normalized spacial score (nSPS) is 45.0. The van der Waals surface area contributed by atoms with Crippen LogP contribution in [-0.4, -0.2) is 11.6 Å². The molecule has 0 radical (unpaired) electrons. The van der Waals surface area contributed by atoms with Gasteiger partial charge in [0.25, 0.3) is 0 Å². The maximum atomic E-state index is 12.5. The first-order valence-electron chi connectivity index (χ1n) is 9.74. The second-order valence-corrected chi connectivity index (χ2v) is 9.08. The molecule has 0 amide bonds. The van der Waals surface area contributed by atoms with Crippen molar-refractivity contribution < 1.29 is 9.59 Å². The Morgan fingerprint density at radius 1 is 1.24 bits per heavy atom. The second-order valence-electron chi connectivity index (χ2n) is 9.08. The lowest BCUT2D eigenvalue weighted by atomic mass is 9.47. The second kappa shape index (κ2) is 5.66. The molecular weight excluding hydrogens is 310 g/mol. The Kier molecular flexibility index (Phi) is 3.79. The maximum Gasteiger partial charge on any atom is 0.178 e. The van der Waals surface area contributed by atoms with Crippen LogP contribution in [0.3, 0.4) is 0 Å². The largest absolute Gasteiger partial charge is 0.298 e. The molecular formula is C22H27NO2. The molecule has 25 heavy (non-hydrogen) atoms. The number of ketones is 2. The van der Waals surface area contributed by atoms with Gasteiger partial charge in [-0.15, -0.1) is 0 Å². The number of Topliss-reactive ketones (excluding diaryl/α,β-unsaturated/α-hetero) is 1. The summed E-state index contributed by atoms with van der Waals surface area (Å²) in [4.78, 5) is 24.3. The molecule has 0 heterocycles. The van der Waals surface area contributed by atoms with Crippen LogP contribution in [-0.2, 0) is 9.59 Å². The highest BCUT2D eigenvalue weighted by Gasteiger charge is 2.59. The molecule has 3 fully saturated rings. The molecule has 0 bridgehead atoms. The topological polar surface area (TPSA) is 57.9 Å².